The first-order valence-corrected chi connectivity index (χ1v) is 10.3. The molecule has 1 atom stereocenters. The zero-order chi connectivity index (χ0) is 17.8. The molecule has 0 spiro atoms. The molecule has 3 N–H and O–H groups in total. The van der Waals surface area contributed by atoms with Crippen LogP contribution in [0.4, 0.5) is 0 Å². The largest absolute Gasteiger partial charge is 0.507 e. The average molecular weight is 365 g/mol. The zero-order valence-corrected chi connectivity index (χ0v) is 15.6. The van der Waals surface area contributed by atoms with Gasteiger partial charge < -0.3 is 15.4 Å². The molecule has 2 heterocycles. The van der Waals surface area contributed by atoms with Gasteiger partial charge in [0, 0.05) is 35.4 Å². The molecule has 2 aromatic carbocycles. The summed E-state index contributed by atoms with van der Waals surface area (Å²) in [6.07, 6.45) is 6.59. The lowest BCUT2D eigenvalue weighted by Gasteiger charge is -2.24. The minimum Gasteiger partial charge on any atom is -0.507 e. The van der Waals surface area contributed by atoms with Crippen molar-refractivity contribution < 1.29 is 5.11 Å². The van der Waals surface area contributed by atoms with E-state index in [0.29, 0.717) is 11.8 Å². The maximum atomic E-state index is 10.1. The van der Waals surface area contributed by atoms with E-state index in [1.807, 2.05) is 30.1 Å². The number of thioether (sulfide) groups is 1. The quantitative estimate of drug-likeness (QED) is 0.543. The van der Waals surface area contributed by atoms with Gasteiger partial charge in [-0.15, -0.1) is 0 Å². The first kappa shape index (κ1) is 17.3. The van der Waals surface area contributed by atoms with Crippen LogP contribution in [0.2, 0.25) is 0 Å². The van der Waals surface area contributed by atoms with Crippen molar-refractivity contribution in [3.05, 3.63) is 71.9 Å². The van der Waals surface area contributed by atoms with Crippen molar-refractivity contribution >= 4 is 28.2 Å². The molecule has 0 fully saturated rings. The van der Waals surface area contributed by atoms with E-state index in [2.05, 4.69) is 46.7 Å². The second kappa shape index (κ2) is 8.02. The number of hydrogen-bond donors (Lipinski definition) is 3. The fraction of sp³-hybridized carbons (Fsp3) is 0.273. The Bertz CT molecular complexity index is 901. The fourth-order valence-corrected chi connectivity index (χ4v) is 4.66. The van der Waals surface area contributed by atoms with Gasteiger partial charge in [-0.25, -0.2) is 0 Å². The molecular weight excluding hydrogens is 340 g/mol. The van der Waals surface area contributed by atoms with Gasteiger partial charge in [0.05, 0.1) is 0 Å². The van der Waals surface area contributed by atoms with Crippen LogP contribution in [0.5, 0.6) is 5.75 Å². The molecule has 3 nitrogen and oxygen atoms in total. The third-order valence-corrected chi connectivity index (χ3v) is 6.04. The van der Waals surface area contributed by atoms with Crippen LogP contribution in [0.1, 0.15) is 24.0 Å². The molecule has 3 aromatic rings. The van der Waals surface area contributed by atoms with E-state index in [0.717, 1.165) is 41.8 Å². The Labute approximate surface area is 158 Å². The lowest BCUT2D eigenvalue weighted by molar-refractivity contribution is 0.481. The van der Waals surface area contributed by atoms with Gasteiger partial charge in [-0.05, 0) is 47.4 Å². The van der Waals surface area contributed by atoms with Crippen molar-refractivity contribution in [1.82, 2.24) is 10.3 Å². The molecule has 26 heavy (non-hydrogen) atoms. The zero-order valence-electron chi connectivity index (χ0n) is 14.7. The molecule has 0 aliphatic carbocycles. The van der Waals surface area contributed by atoms with Gasteiger partial charge in [0.1, 0.15) is 5.75 Å². The Kier molecular flexibility index (Phi) is 5.32. The third kappa shape index (κ3) is 3.81. The molecule has 0 saturated heterocycles. The standard InChI is InChI=1S/C22H24N2OS/c25-21-8-4-7-20-22(21)18(14-24-20)15-26-12-10-19-13-17(9-11-23-19)16-5-2-1-3-6-16/h1-9,14,19,23-25H,10-13,15H2. The highest BCUT2D eigenvalue weighted by molar-refractivity contribution is 7.98. The van der Waals surface area contributed by atoms with E-state index in [1.54, 1.807) is 6.07 Å². The maximum absolute atomic E-state index is 10.1. The van der Waals surface area contributed by atoms with E-state index in [9.17, 15) is 5.11 Å². The first-order chi connectivity index (χ1) is 12.8. The fourth-order valence-electron chi connectivity index (χ4n) is 3.62. The van der Waals surface area contributed by atoms with Crippen LogP contribution in [0.15, 0.2) is 60.8 Å². The minimum absolute atomic E-state index is 0.367. The van der Waals surface area contributed by atoms with Crippen LogP contribution in [-0.2, 0) is 5.75 Å². The highest BCUT2D eigenvalue weighted by atomic mass is 32.2. The maximum Gasteiger partial charge on any atom is 0.125 e. The summed E-state index contributed by atoms with van der Waals surface area (Å²) in [6, 6.07) is 16.9. The van der Waals surface area contributed by atoms with Crippen LogP contribution >= 0.6 is 11.8 Å². The van der Waals surface area contributed by atoms with Crippen LogP contribution in [0.3, 0.4) is 0 Å². The summed E-state index contributed by atoms with van der Waals surface area (Å²) >= 11 is 1.93. The predicted octanol–water partition coefficient (Wildman–Crippen LogP) is 4.94. The summed E-state index contributed by atoms with van der Waals surface area (Å²) in [6.45, 7) is 0.954. The highest BCUT2D eigenvalue weighted by Gasteiger charge is 2.16. The monoisotopic (exact) mass is 364 g/mol. The lowest BCUT2D eigenvalue weighted by atomic mass is 9.94. The third-order valence-electron chi connectivity index (χ3n) is 5.00. The predicted molar refractivity (Wildman–Crippen MR) is 112 cm³/mol. The van der Waals surface area contributed by atoms with Crippen LogP contribution in [-0.4, -0.2) is 28.4 Å². The molecular formula is C22H24N2OS. The second-order valence-electron chi connectivity index (χ2n) is 6.76. The first-order valence-electron chi connectivity index (χ1n) is 9.15. The number of aromatic amines is 1. The Morgan fingerprint density at radius 3 is 2.85 bits per heavy atom. The van der Waals surface area contributed by atoms with Crippen LogP contribution in [0.25, 0.3) is 16.5 Å². The van der Waals surface area contributed by atoms with Gasteiger partial charge in [-0.1, -0.05) is 42.5 Å². The molecule has 0 radical (unpaired) electrons. The molecule has 1 aliphatic heterocycles. The second-order valence-corrected chi connectivity index (χ2v) is 7.86. The number of benzene rings is 2. The Morgan fingerprint density at radius 2 is 1.96 bits per heavy atom. The Hall–Kier alpha value is -2.17. The van der Waals surface area contributed by atoms with E-state index in [-0.39, 0.29) is 0 Å². The summed E-state index contributed by atoms with van der Waals surface area (Å²) in [5.74, 6) is 2.40. The number of aromatic nitrogens is 1. The summed E-state index contributed by atoms with van der Waals surface area (Å²) in [7, 11) is 0. The summed E-state index contributed by atoms with van der Waals surface area (Å²) in [4.78, 5) is 3.25. The molecule has 0 bridgehead atoms. The van der Waals surface area contributed by atoms with Gasteiger partial charge >= 0.3 is 0 Å². The SMILES string of the molecule is Oc1cccc2[nH]cc(CSCCC3CC(c4ccccc4)=CCN3)c12. The summed E-state index contributed by atoms with van der Waals surface area (Å²) in [5.41, 5.74) is 5.00. The molecule has 1 unspecified atom stereocenters. The van der Waals surface area contributed by atoms with Gasteiger partial charge in [0.15, 0.2) is 0 Å². The number of phenols is 1. The molecule has 0 saturated carbocycles. The van der Waals surface area contributed by atoms with E-state index in [4.69, 9.17) is 0 Å². The molecule has 4 heteroatoms. The smallest absolute Gasteiger partial charge is 0.125 e. The van der Waals surface area contributed by atoms with Gasteiger partial charge in [-0.3, -0.25) is 0 Å². The number of phenolic OH excluding ortho intramolecular Hbond substituents is 1. The molecule has 4 rings (SSSR count). The van der Waals surface area contributed by atoms with Crippen LogP contribution in [0, 0.1) is 0 Å². The van der Waals surface area contributed by atoms with Gasteiger partial charge in [0.25, 0.3) is 0 Å². The van der Waals surface area contributed by atoms with Crippen molar-refractivity contribution in [1.29, 1.82) is 0 Å². The normalized spacial score (nSPS) is 17.4. The number of fused-ring (bicyclic) bond motifs is 1. The molecule has 134 valence electrons. The Morgan fingerprint density at radius 1 is 1.08 bits per heavy atom. The minimum atomic E-state index is 0.367. The van der Waals surface area contributed by atoms with E-state index < -0.39 is 0 Å². The number of H-pyrrole nitrogens is 1. The molecule has 1 aliphatic rings. The molecule has 0 amide bonds. The van der Waals surface area contributed by atoms with Crippen LogP contribution < -0.4 is 5.32 Å². The van der Waals surface area contributed by atoms with Crippen molar-refractivity contribution in [3.8, 4) is 5.75 Å². The number of hydrogen-bond acceptors (Lipinski definition) is 3. The van der Waals surface area contributed by atoms with Crippen molar-refractivity contribution in [2.24, 2.45) is 0 Å². The highest BCUT2D eigenvalue weighted by Crippen LogP contribution is 2.30. The summed E-state index contributed by atoms with van der Waals surface area (Å²) < 4.78 is 0. The Balaban J connectivity index is 1.29. The van der Waals surface area contributed by atoms with E-state index >= 15 is 0 Å². The average Bonchev–Trinajstić information content (AvgIpc) is 3.11. The van der Waals surface area contributed by atoms with Crippen molar-refractivity contribution in [2.75, 3.05) is 12.3 Å². The summed E-state index contributed by atoms with van der Waals surface area (Å²) in [5, 5.41) is 14.7. The number of rotatable bonds is 6. The molecule has 1 aromatic heterocycles. The lowest BCUT2D eigenvalue weighted by Crippen LogP contribution is -2.33. The number of nitrogens with one attached hydrogen (secondary N) is 2. The van der Waals surface area contributed by atoms with Crippen molar-refractivity contribution in [2.45, 2.75) is 24.6 Å². The van der Waals surface area contributed by atoms with Crippen molar-refractivity contribution in [3.63, 3.8) is 0 Å². The topological polar surface area (TPSA) is 48.0 Å². The van der Waals surface area contributed by atoms with E-state index in [1.165, 1.54) is 16.7 Å². The van der Waals surface area contributed by atoms with Gasteiger partial charge in [-0.2, -0.15) is 11.8 Å². The van der Waals surface area contributed by atoms with Gasteiger partial charge in [0.2, 0.25) is 0 Å². The number of aromatic hydroxyl groups is 1.